The number of carbonyl (C=O) groups excluding carboxylic acids is 1. The summed E-state index contributed by atoms with van der Waals surface area (Å²) < 4.78 is 52.0. The first-order valence-corrected chi connectivity index (χ1v) is 16.7. The highest BCUT2D eigenvalue weighted by molar-refractivity contribution is 7.89. The normalized spacial score (nSPS) is 21.1. The van der Waals surface area contributed by atoms with Crippen molar-refractivity contribution >= 4 is 49.1 Å². The SMILES string of the molecule is Cc1cccc(Cl)c1-c1noc(C2CC2)c1COC1CCC(O)(c2nc3c(F)cc(C(=O)NS(C)(=O)=O)cc3s2)CC1. The number of sulfonamides is 1. The molecular formula is C29H29ClFN3O6S2. The van der Waals surface area contributed by atoms with Crippen LogP contribution in [0.3, 0.4) is 0 Å². The molecule has 0 radical (unpaired) electrons. The lowest BCUT2D eigenvalue weighted by atomic mass is 9.83. The molecule has 0 spiro atoms. The number of amides is 1. The summed E-state index contributed by atoms with van der Waals surface area (Å²) >= 11 is 7.63. The van der Waals surface area contributed by atoms with Gasteiger partial charge in [0.15, 0.2) is 5.82 Å². The molecule has 2 heterocycles. The Morgan fingerprint density at radius 3 is 2.67 bits per heavy atom. The highest BCUT2D eigenvalue weighted by Gasteiger charge is 2.39. The van der Waals surface area contributed by atoms with Gasteiger partial charge in [-0.05, 0) is 69.2 Å². The van der Waals surface area contributed by atoms with Crippen molar-refractivity contribution in [2.75, 3.05) is 6.26 Å². The van der Waals surface area contributed by atoms with Crippen LogP contribution < -0.4 is 4.72 Å². The number of ether oxygens (including phenoxy) is 1. The van der Waals surface area contributed by atoms with Crippen molar-refractivity contribution in [3.63, 3.8) is 0 Å². The molecule has 2 saturated carbocycles. The number of carbonyl (C=O) groups is 1. The molecule has 4 aromatic rings. The third kappa shape index (κ3) is 5.83. The van der Waals surface area contributed by atoms with Gasteiger partial charge in [0.2, 0.25) is 10.0 Å². The van der Waals surface area contributed by atoms with Gasteiger partial charge in [-0.1, -0.05) is 28.9 Å². The Morgan fingerprint density at radius 1 is 1.26 bits per heavy atom. The minimum atomic E-state index is -3.81. The summed E-state index contributed by atoms with van der Waals surface area (Å²) in [5.74, 6) is -0.520. The number of aryl methyl sites for hydroxylation is 1. The fourth-order valence-electron chi connectivity index (χ4n) is 5.45. The smallest absolute Gasteiger partial charge is 0.264 e. The Hall–Kier alpha value is -2.90. The van der Waals surface area contributed by atoms with Crippen molar-refractivity contribution in [3.8, 4) is 11.3 Å². The van der Waals surface area contributed by atoms with Crippen molar-refractivity contribution in [1.29, 1.82) is 0 Å². The maximum absolute atomic E-state index is 14.8. The van der Waals surface area contributed by atoms with Gasteiger partial charge < -0.3 is 14.4 Å². The van der Waals surface area contributed by atoms with E-state index in [1.807, 2.05) is 29.8 Å². The maximum atomic E-state index is 14.8. The summed E-state index contributed by atoms with van der Waals surface area (Å²) in [5, 5.41) is 16.8. The van der Waals surface area contributed by atoms with Crippen molar-refractivity contribution in [2.24, 2.45) is 0 Å². The second-order valence-corrected chi connectivity index (χ2v) is 14.3. The Morgan fingerprint density at radius 2 is 2.00 bits per heavy atom. The Labute approximate surface area is 251 Å². The van der Waals surface area contributed by atoms with Crippen LogP contribution in [0.5, 0.6) is 0 Å². The Balaban J connectivity index is 1.16. The average molecular weight is 634 g/mol. The molecule has 2 aliphatic carbocycles. The highest BCUT2D eigenvalue weighted by atomic mass is 35.5. The molecule has 0 bridgehead atoms. The van der Waals surface area contributed by atoms with Gasteiger partial charge in [-0.2, -0.15) is 0 Å². The molecule has 9 nitrogen and oxygen atoms in total. The van der Waals surface area contributed by atoms with E-state index >= 15 is 0 Å². The number of hydrogen-bond acceptors (Lipinski definition) is 9. The molecule has 2 aliphatic rings. The first-order valence-electron chi connectivity index (χ1n) is 13.6. The number of benzene rings is 2. The largest absolute Gasteiger partial charge is 0.383 e. The molecule has 0 unspecified atom stereocenters. The van der Waals surface area contributed by atoms with Crippen molar-refractivity contribution in [1.82, 2.24) is 14.9 Å². The number of hydrogen-bond donors (Lipinski definition) is 2. The van der Waals surface area contributed by atoms with E-state index in [0.29, 0.717) is 58.6 Å². The van der Waals surface area contributed by atoms with Crippen LogP contribution in [-0.2, 0) is 27.0 Å². The summed E-state index contributed by atoms with van der Waals surface area (Å²) in [6, 6.07) is 8.05. The molecule has 2 N–H and O–H groups in total. The molecule has 0 aliphatic heterocycles. The van der Waals surface area contributed by atoms with Gasteiger partial charge in [0.05, 0.1) is 28.7 Å². The minimum absolute atomic E-state index is 0.0279. The summed E-state index contributed by atoms with van der Waals surface area (Å²) in [5.41, 5.74) is 2.06. The summed E-state index contributed by atoms with van der Waals surface area (Å²) in [6.07, 6.45) is 4.65. The van der Waals surface area contributed by atoms with Crippen molar-refractivity contribution in [3.05, 3.63) is 68.6 Å². The predicted molar refractivity (Wildman–Crippen MR) is 156 cm³/mol. The molecule has 6 rings (SSSR count). The van der Waals surface area contributed by atoms with Crippen molar-refractivity contribution in [2.45, 2.75) is 69.7 Å². The number of fused-ring (bicyclic) bond motifs is 1. The second kappa shape index (κ2) is 11.0. The van der Waals surface area contributed by atoms with E-state index in [0.717, 1.165) is 59.0 Å². The fraction of sp³-hybridized carbons (Fsp3) is 0.414. The Kier molecular flexibility index (Phi) is 7.63. The average Bonchev–Trinajstić information content (AvgIpc) is 3.52. The molecular weight excluding hydrogens is 605 g/mol. The zero-order valence-electron chi connectivity index (χ0n) is 22.9. The van der Waals surface area contributed by atoms with Gasteiger partial charge in [-0.3, -0.25) is 4.79 Å². The first-order chi connectivity index (χ1) is 19.9. The predicted octanol–water partition coefficient (Wildman–Crippen LogP) is 5.97. The molecule has 42 heavy (non-hydrogen) atoms. The lowest BCUT2D eigenvalue weighted by molar-refractivity contribution is -0.0641. The van der Waals surface area contributed by atoms with Gasteiger partial charge in [0, 0.05) is 22.6 Å². The highest BCUT2D eigenvalue weighted by Crippen LogP contribution is 2.46. The van der Waals surface area contributed by atoms with E-state index in [2.05, 4.69) is 10.1 Å². The van der Waals surface area contributed by atoms with Crippen LogP contribution >= 0.6 is 22.9 Å². The quantitative estimate of drug-likeness (QED) is 0.243. The van der Waals surface area contributed by atoms with Gasteiger partial charge in [0.1, 0.15) is 27.6 Å². The van der Waals surface area contributed by atoms with E-state index < -0.39 is 27.3 Å². The van der Waals surface area contributed by atoms with E-state index in [4.69, 9.17) is 20.9 Å². The lowest BCUT2D eigenvalue weighted by Gasteiger charge is -2.34. The summed E-state index contributed by atoms with van der Waals surface area (Å²) in [7, 11) is -3.81. The van der Waals surface area contributed by atoms with E-state index in [1.165, 1.54) is 6.07 Å². The minimum Gasteiger partial charge on any atom is -0.383 e. The standard InChI is InChI=1S/C29H29ClFN3O6S2/c1-15-4-3-5-20(30)23(15)24-19(26(40-33-24)16-6-7-16)14-39-18-8-10-29(36,11-9-18)28-32-25-21(31)12-17(13-22(25)41-28)27(35)34-42(2,37)38/h3-5,12-13,16,18,36H,6-11,14H2,1-2H3,(H,34,35). The first kappa shape index (κ1) is 29.2. The van der Waals surface area contributed by atoms with Crippen LogP contribution in [0.2, 0.25) is 5.02 Å². The Bertz CT molecular complexity index is 1770. The van der Waals surface area contributed by atoms with Crippen LogP contribution in [0.4, 0.5) is 4.39 Å². The molecule has 0 atom stereocenters. The third-order valence-corrected chi connectivity index (χ3v) is 9.90. The molecule has 222 valence electrons. The maximum Gasteiger partial charge on any atom is 0.264 e. The number of rotatable bonds is 8. The second-order valence-electron chi connectivity index (χ2n) is 11.1. The number of aromatic nitrogens is 2. The monoisotopic (exact) mass is 633 g/mol. The van der Waals surface area contributed by atoms with Crippen LogP contribution in [-0.4, -0.2) is 41.9 Å². The molecule has 13 heteroatoms. The number of nitrogens with zero attached hydrogens (tertiary/aromatic N) is 2. The summed E-state index contributed by atoms with van der Waals surface area (Å²) in [4.78, 5) is 16.6. The van der Waals surface area contributed by atoms with Crippen molar-refractivity contribution < 1.29 is 32.0 Å². The third-order valence-electron chi connectivity index (χ3n) is 7.84. The van der Waals surface area contributed by atoms with Crippen LogP contribution in [0.15, 0.2) is 34.9 Å². The zero-order valence-corrected chi connectivity index (χ0v) is 25.3. The van der Waals surface area contributed by atoms with Crippen LogP contribution in [0.1, 0.15) is 76.7 Å². The van der Waals surface area contributed by atoms with E-state index in [9.17, 15) is 22.7 Å². The lowest BCUT2D eigenvalue weighted by Crippen LogP contribution is -2.34. The number of nitrogens with one attached hydrogen (secondary N) is 1. The van der Waals surface area contributed by atoms with Crippen LogP contribution in [0.25, 0.3) is 21.5 Å². The van der Waals surface area contributed by atoms with Crippen LogP contribution in [0, 0.1) is 12.7 Å². The number of aliphatic hydroxyl groups is 1. The number of thiazole rings is 1. The summed E-state index contributed by atoms with van der Waals surface area (Å²) in [6.45, 7) is 2.29. The van der Waals surface area contributed by atoms with Gasteiger partial charge >= 0.3 is 0 Å². The topological polar surface area (TPSA) is 132 Å². The van der Waals surface area contributed by atoms with Gasteiger partial charge in [-0.15, -0.1) is 11.3 Å². The molecule has 2 aromatic heterocycles. The van der Waals surface area contributed by atoms with Gasteiger partial charge in [-0.25, -0.2) is 22.5 Å². The van der Waals surface area contributed by atoms with E-state index in [-0.39, 0.29) is 17.2 Å². The van der Waals surface area contributed by atoms with Gasteiger partial charge in [0.25, 0.3) is 5.91 Å². The molecule has 2 fully saturated rings. The fourth-order valence-corrected chi connectivity index (χ4v) is 7.38. The molecule has 1 amide bonds. The van der Waals surface area contributed by atoms with E-state index in [1.54, 1.807) is 0 Å². The number of halogens is 2. The zero-order chi connectivity index (χ0) is 29.8. The molecule has 2 aromatic carbocycles. The molecule has 0 saturated heterocycles.